The van der Waals surface area contributed by atoms with Crippen molar-refractivity contribution in [1.29, 1.82) is 0 Å². The van der Waals surface area contributed by atoms with Crippen LogP contribution in [-0.2, 0) is 9.59 Å². The number of carboxylic acids is 1. The van der Waals surface area contributed by atoms with E-state index >= 15 is 0 Å². The maximum absolute atomic E-state index is 12.7. The van der Waals surface area contributed by atoms with Gasteiger partial charge in [0.15, 0.2) is 17.5 Å². The Balaban J connectivity index is 1.80. The number of hydrogen-bond donors (Lipinski definition) is 2. The molecule has 2 aromatic rings. The first-order valence-corrected chi connectivity index (χ1v) is 8.39. The highest BCUT2D eigenvalue weighted by atomic mass is 16.6. The van der Waals surface area contributed by atoms with Crippen molar-refractivity contribution in [3.05, 3.63) is 59.2 Å². The van der Waals surface area contributed by atoms with Crippen LogP contribution in [0.4, 0.5) is 0 Å². The van der Waals surface area contributed by atoms with Gasteiger partial charge in [0, 0.05) is 0 Å². The Hall–Kier alpha value is -3.02. The minimum absolute atomic E-state index is 0.462. The van der Waals surface area contributed by atoms with Crippen LogP contribution in [0, 0.1) is 13.8 Å². The fourth-order valence-corrected chi connectivity index (χ4v) is 2.86. The summed E-state index contributed by atoms with van der Waals surface area (Å²) in [5.74, 6) is -0.638. The Labute approximate surface area is 151 Å². The summed E-state index contributed by atoms with van der Waals surface area (Å²) in [6, 6.07) is 11.2. The molecule has 0 aliphatic carbocycles. The molecule has 0 radical (unpaired) electrons. The highest BCUT2D eigenvalue weighted by molar-refractivity contribution is 5.88. The standard InChI is InChI=1S/C20H21NO5/c1-11-8-9-14(10-12(11)2)17(20(23)24)21-19(22)18-13(3)25-15-6-4-5-7-16(15)26-18/h4-10,13,17-18H,1-3H3,(H,21,22)(H,23,24). The zero-order valence-corrected chi connectivity index (χ0v) is 14.9. The van der Waals surface area contributed by atoms with Crippen molar-refractivity contribution < 1.29 is 24.2 Å². The zero-order valence-electron chi connectivity index (χ0n) is 14.9. The minimum atomic E-state index is -1.16. The van der Waals surface area contributed by atoms with Crippen molar-refractivity contribution in [2.75, 3.05) is 0 Å². The summed E-state index contributed by atoms with van der Waals surface area (Å²) in [4.78, 5) is 24.4. The molecule has 1 amide bonds. The maximum atomic E-state index is 12.7. The fraction of sp³-hybridized carbons (Fsp3) is 0.300. The predicted molar refractivity (Wildman–Crippen MR) is 95.4 cm³/mol. The van der Waals surface area contributed by atoms with E-state index in [1.807, 2.05) is 26.0 Å². The average Bonchev–Trinajstić information content (AvgIpc) is 2.61. The van der Waals surface area contributed by atoms with E-state index in [4.69, 9.17) is 9.47 Å². The molecule has 1 aliphatic rings. The second-order valence-electron chi connectivity index (χ2n) is 6.43. The summed E-state index contributed by atoms with van der Waals surface area (Å²) in [5, 5.41) is 12.1. The van der Waals surface area contributed by atoms with E-state index in [0.29, 0.717) is 17.1 Å². The van der Waals surface area contributed by atoms with Gasteiger partial charge in [-0.25, -0.2) is 4.79 Å². The molecule has 3 rings (SSSR count). The van der Waals surface area contributed by atoms with E-state index in [-0.39, 0.29) is 0 Å². The SMILES string of the molecule is Cc1ccc(C(NC(=O)C2Oc3ccccc3OC2C)C(=O)O)cc1C. The van der Waals surface area contributed by atoms with Gasteiger partial charge in [-0.05, 0) is 49.6 Å². The highest BCUT2D eigenvalue weighted by Crippen LogP contribution is 2.33. The maximum Gasteiger partial charge on any atom is 0.330 e. The van der Waals surface area contributed by atoms with Gasteiger partial charge < -0.3 is 19.9 Å². The summed E-state index contributed by atoms with van der Waals surface area (Å²) in [6.07, 6.45) is -1.47. The van der Waals surface area contributed by atoms with Crippen LogP contribution >= 0.6 is 0 Å². The number of carbonyl (C=O) groups is 2. The third-order valence-electron chi connectivity index (χ3n) is 4.50. The van der Waals surface area contributed by atoms with Crippen molar-refractivity contribution in [2.24, 2.45) is 0 Å². The predicted octanol–water partition coefficient (Wildman–Crippen LogP) is 2.77. The lowest BCUT2D eigenvalue weighted by Crippen LogP contribution is -2.50. The molecule has 2 aromatic carbocycles. The van der Waals surface area contributed by atoms with E-state index in [1.54, 1.807) is 37.3 Å². The molecule has 0 saturated carbocycles. The molecule has 26 heavy (non-hydrogen) atoms. The normalized spacial score (nSPS) is 19.5. The third kappa shape index (κ3) is 3.49. The minimum Gasteiger partial charge on any atom is -0.482 e. The summed E-state index contributed by atoms with van der Waals surface area (Å²) in [5.41, 5.74) is 2.53. The van der Waals surface area contributed by atoms with Gasteiger partial charge in [0.05, 0.1) is 0 Å². The number of para-hydroxylation sites is 2. The van der Waals surface area contributed by atoms with Crippen molar-refractivity contribution in [3.8, 4) is 11.5 Å². The molecule has 1 aliphatic heterocycles. The van der Waals surface area contributed by atoms with Crippen LogP contribution in [0.5, 0.6) is 11.5 Å². The average molecular weight is 355 g/mol. The number of nitrogens with one attached hydrogen (secondary N) is 1. The van der Waals surface area contributed by atoms with Crippen molar-refractivity contribution in [1.82, 2.24) is 5.32 Å². The molecule has 6 heteroatoms. The molecule has 0 spiro atoms. The largest absolute Gasteiger partial charge is 0.482 e. The third-order valence-corrected chi connectivity index (χ3v) is 4.50. The first-order chi connectivity index (χ1) is 12.4. The number of carbonyl (C=O) groups excluding carboxylic acids is 1. The van der Waals surface area contributed by atoms with Crippen molar-refractivity contribution in [2.45, 2.75) is 39.0 Å². The molecular formula is C20H21NO5. The number of ether oxygens (including phenoxy) is 2. The molecular weight excluding hydrogens is 334 g/mol. The number of aryl methyl sites for hydroxylation is 2. The molecule has 136 valence electrons. The van der Waals surface area contributed by atoms with Gasteiger partial charge in [-0.15, -0.1) is 0 Å². The van der Waals surface area contributed by atoms with Crippen LogP contribution in [0.15, 0.2) is 42.5 Å². The van der Waals surface area contributed by atoms with E-state index < -0.39 is 30.1 Å². The van der Waals surface area contributed by atoms with Crippen molar-refractivity contribution >= 4 is 11.9 Å². The summed E-state index contributed by atoms with van der Waals surface area (Å²) >= 11 is 0. The summed E-state index contributed by atoms with van der Waals surface area (Å²) < 4.78 is 11.5. The highest BCUT2D eigenvalue weighted by Gasteiger charge is 2.36. The number of carboxylic acid groups (broad SMARTS) is 1. The van der Waals surface area contributed by atoms with E-state index in [1.165, 1.54) is 0 Å². The topological polar surface area (TPSA) is 84.9 Å². The van der Waals surface area contributed by atoms with Crippen LogP contribution in [0.25, 0.3) is 0 Å². The smallest absolute Gasteiger partial charge is 0.330 e. The Kier molecular flexibility index (Phi) is 4.84. The Morgan fingerprint density at radius 1 is 1.04 bits per heavy atom. The molecule has 0 bridgehead atoms. The second-order valence-corrected chi connectivity index (χ2v) is 6.43. The Bertz CT molecular complexity index is 848. The fourth-order valence-electron chi connectivity index (χ4n) is 2.86. The summed E-state index contributed by atoms with van der Waals surface area (Å²) in [6.45, 7) is 5.56. The first kappa shape index (κ1) is 17.8. The van der Waals surface area contributed by atoms with Crippen molar-refractivity contribution in [3.63, 3.8) is 0 Å². The lowest BCUT2D eigenvalue weighted by Gasteiger charge is -2.31. The van der Waals surface area contributed by atoms with Gasteiger partial charge in [0.25, 0.3) is 5.91 Å². The number of hydrogen-bond acceptors (Lipinski definition) is 4. The number of aliphatic carboxylic acids is 1. The Morgan fingerprint density at radius 3 is 2.31 bits per heavy atom. The molecule has 1 heterocycles. The van der Waals surface area contributed by atoms with Crippen LogP contribution in [0.3, 0.4) is 0 Å². The number of rotatable bonds is 4. The van der Waals surface area contributed by atoms with Gasteiger partial charge >= 0.3 is 5.97 Å². The molecule has 0 saturated heterocycles. The van der Waals surface area contributed by atoms with Crippen LogP contribution in [0.2, 0.25) is 0 Å². The van der Waals surface area contributed by atoms with Gasteiger partial charge in [-0.2, -0.15) is 0 Å². The number of amides is 1. The second kappa shape index (κ2) is 7.07. The molecule has 3 unspecified atom stereocenters. The zero-order chi connectivity index (χ0) is 18.8. The monoisotopic (exact) mass is 355 g/mol. The van der Waals surface area contributed by atoms with Gasteiger partial charge in [0.2, 0.25) is 6.10 Å². The van der Waals surface area contributed by atoms with E-state index in [0.717, 1.165) is 11.1 Å². The quantitative estimate of drug-likeness (QED) is 0.881. The van der Waals surface area contributed by atoms with Gasteiger partial charge in [0.1, 0.15) is 6.10 Å². The lowest BCUT2D eigenvalue weighted by molar-refractivity contribution is -0.144. The Morgan fingerprint density at radius 2 is 1.69 bits per heavy atom. The molecule has 6 nitrogen and oxygen atoms in total. The first-order valence-electron chi connectivity index (χ1n) is 8.39. The summed E-state index contributed by atoms with van der Waals surface area (Å²) in [7, 11) is 0. The molecule has 2 N–H and O–H groups in total. The van der Waals surface area contributed by atoms with E-state index in [9.17, 15) is 14.7 Å². The van der Waals surface area contributed by atoms with Crippen LogP contribution in [-0.4, -0.2) is 29.2 Å². The number of fused-ring (bicyclic) bond motifs is 1. The van der Waals surface area contributed by atoms with Crippen LogP contribution in [0.1, 0.15) is 29.7 Å². The number of benzene rings is 2. The van der Waals surface area contributed by atoms with Gasteiger partial charge in [-0.1, -0.05) is 30.3 Å². The molecule has 0 aromatic heterocycles. The van der Waals surface area contributed by atoms with Gasteiger partial charge in [-0.3, -0.25) is 4.79 Å². The lowest BCUT2D eigenvalue weighted by atomic mass is 10.0. The molecule has 3 atom stereocenters. The van der Waals surface area contributed by atoms with E-state index in [2.05, 4.69) is 5.32 Å². The molecule has 0 fully saturated rings. The van der Waals surface area contributed by atoms with Crippen LogP contribution < -0.4 is 14.8 Å².